The largest absolute Gasteiger partial charge is 0.496 e. The van der Waals surface area contributed by atoms with Gasteiger partial charge in [-0.1, -0.05) is 12.1 Å². The van der Waals surface area contributed by atoms with E-state index in [1.54, 1.807) is 19.2 Å². The lowest BCUT2D eigenvalue weighted by Crippen LogP contribution is -2.14. The number of hydrogen-bond acceptors (Lipinski definition) is 5. The zero-order valence-electron chi connectivity index (χ0n) is 16.9. The maximum atomic E-state index is 13.0. The molecule has 4 rings (SSSR count). The molecule has 152 valence electrons. The van der Waals surface area contributed by atoms with Gasteiger partial charge < -0.3 is 18.6 Å². The Bertz CT molecular complexity index is 1010. The maximum Gasteiger partial charge on any atom is 0.171 e. The van der Waals surface area contributed by atoms with E-state index < -0.39 is 0 Å². The van der Waals surface area contributed by atoms with Crippen molar-refractivity contribution < 1.29 is 19.0 Å². The maximum absolute atomic E-state index is 13.0. The van der Waals surface area contributed by atoms with Gasteiger partial charge >= 0.3 is 0 Å². The number of rotatable bonds is 7. The zero-order valence-corrected chi connectivity index (χ0v) is 16.9. The van der Waals surface area contributed by atoms with E-state index in [2.05, 4.69) is 6.20 Å². The van der Waals surface area contributed by atoms with Crippen LogP contribution < -0.4 is 9.47 Å². The van der Waals surface area contributed by atoms with Gasteiger partial charge in [0.1, 0.15) is 17.1 Å². The van der Waals surface area contributed by atoms with Crippen LogP contribution in [-0.2, 0) is 11.2 Å². The summed E-state index contributed by atoms with van der Waals surface area (Å²) in [6, 6.07) is 9.22. The van der Waals surface area contributed by atoms with Crippen molar-refractivity contribution in [1.82, 2.24) is 9.38 Å². The second kappa shape index (κ2) is 8.66. The predicted octanol–water partition coefficient (Wildman–Crippen LogP) is 4.06. The number of nitrogens with zero attached hydrogens (tertiary/aromatic N) is 2. The molecule has 0 radical (unpaired) electrons. The molecule has 3 aromatic rings. The quantitative estimate of drug-likeness (QED) is 0.566. The Labute approximate surface area is 170 Å². The Morgan fingerprint density at radius 1 is 1.21 bits per heavy atom. The molecule has 1 saturated heterocycles. The molecule has 6 heteroatoms. The molecule has 2 aromatic heterocycles. The van der Waals surface area contributed by atoms with Crippen molar-refractivity contribution in [3.63, 3.8) is 0 Å². The van der Waals surface area contributed by atoms with Crippen molar-refractivity contribution in [3.05, 3.63) is 59.5 Å². The van der Waals surface area contributed by atoms with Crippen LogP contribution in [0.15, 0.2) is 42.7 Å². The average Bonchev–Trinajstić information content (AvgIpc) is 3.17. The molecule has 6 nitrogen and oxygen atoms in total. The van der Waals surface area contributed by atoms with Crippen LogP contribution in [0.25, 0.3) is 5.65 Å². The molecule has 3 heterocycles. The average molecular weight is 394 g/mol. The topological polar surface area (TPSA) is 62.1 Å². The summed E-state index contributed by atoms with van der Waals surface area (Å²) >= 11 is 0. The molecule has 0 atom stereocenters. The standard InChI is InChI=1S/C23H26N2O4/c1-3-29-22-13-23-24-19(16-8-10-28-11-9-16)15-25(23)14-17(22)12-20(26)18-6-4-5-7-21(18)27-2/h4-7,13-16H,3,8-12H2,1-2H3. The van der Waals surface area contributed by atoms with E-state index in [1.807, 2.05) is 35.7 Å². The van der Waals surface area contributed by atoms with Crippen LogP contribution in [0.1, 0.15) is 47.3 Å². The molecule has 0 saturated carbocycles. The van der Waals surface area contributed by atoms with Gasteiger partial charge in [-0.2, -0.15) is 0 Å². The van der Waals surface area contributed by atoms with E-state index in [4.69, 9.17) is 19.2 Å². The number of ether oxygens (including phenoxy) is 3. The second-order valence-corrected chi connectivity index (χ2v) is 7.21. The number of benzene rings is 1. The van der Waals surface area contributed by atoms with Gasteiger partial charge in [-0.3, -0.25) is 4.79 Å². The van der Waals surface area contributed by atoms with Crippen LogP contribution in [0, 0.1) is 0 Å². The van der Waals surface area contributed by atoms with Gasteiger partial charge in [0.25, 0.3) is 0 Å². The SMILES string of the molecule is CCOc1cc2nc(C3CCOCC3)cn2cc1CC(=O)c1ccccc1OC. The first kappa shape index (κ1) is 19.5. The Hall–Kier alpha value is -2.86. The summed E-state index contributed by atoms with van der Waals surface area (Å²) in [5.41, 5.74) is 3.32. The van der Waals surface area contributed by atoms with Crippen molar-refractivity contribution in [1.29, 1.82) is 0 Å². The lowest BCUT2D eigenvalue weighted by molar-refractivity contribution is 0.0846. The van der Waals surface area contributed by atoms with Crippen LogP contribution in [0.2, 0.25) is 0 Å². The van der Waals surface area contributed by atoms with E-state index in [-0.39, 0.29) is 12.2 Å². The summed E-state index contributed by atoms with van der Waals surface area (Å²) in [4.78, 5) is 17.8. The first-order valence-corrected chi connectivity index (χ1v) is 10.1. The monoisotopic (exact) mass is 394 g/mol. The number of carbonyl (C=O) groups is 1. The number of fused-ring (bicyclic) bond motifs is 1. The predicted molar refractivity (Wildman–Crippen MR) is 110 cm³/mol. The first-order valence-electron chi connectivity index (χ1n) is 10.1. The molecule has 1 aliphatic heterocycles. The number of imidazole rings is 1. The van der Waals surface area contributed by atoms with Crippen LogP contribution in [0.3, 0.4) is 0 Å². The van der Waals surface area contributed by atoms with Crippen LogP contribution >= 0.6 is 0 Å². The van der Waals surface area contributed by atoms with Crippen molar-refractivity contribution in [3.8, 4) is 11.5 Å². The number of carbonyl (C=O) groups excluding carboxylic acids is 1. The van der Waals surface area contributed by atoms with E-state index in [9.17, 15) is 4.79 Å². The number of para-hydroxylation sites is 1. The van der Waals surface area contributed by atoms with Crippen molar-refractivity contribution in [2.75, 3.05) is 26.9 Å². The molecule has 0 N–H and O–H groups in total. The van der Waals surface area contributed by atoms with E-state index in [1.165, 1.54) is 0 Å². The van der Waals surface area contributed by atoms with Gasteiger partial charge in [0.05, 0.1) is 25.0 Å². The van der Waals surface area contributed by atoms with E-state index in [0.717, 1.165) is 43.0 Å². The highest BCUT2D eigenvalue weighted by molar-refractivity contribution is 6.00. The van der Waals surface area contributed by atoms with Gasteiger partial charge in [-0.05, 0) is 31.9 Å². The summed E-state index contributed by atoms with van der Waals surface area (Å²) in [7, 11) is 1.58. The number of ketones is 1. The summed E-state index contributed by atoms with van der Waals surface area (Å²) < 4.78 is 18.6. The van der Waals surface area contributed by atoms with Crippen LogP contribution in [0.4, 0.5) is 0 Å². The fourth-order valence-electron chi connectivity index (χ4n) is 3.84. The van der Waals surface area contributed by atoms with Crippen molar-refractivity contribution >= 4 is 11.4 Å². The Morgan fingerprint density at radius 2 is 2.00 bits per heavy atom. The molecule has 29 heavy (non-hydrogen) atoms. The molecular formula is C23H26N2O4. The third kappa shape index (κ3) is 4.12. The van der Waals surface area contributed by atoms with Gasteiger partial charge in [-0.25, -0.2) is 4.98 Å². The molecule has 1 aromatic carbocycles. The summed E-state index contributed by atoms with van der Waals surface area (Å²) in [6.45, 7) is 4.03. The van der Waals surface area contributed by atoms with Crippen LogP contribution in [0.5, 0.6) is 11.5 Å². The fraction of sp³-hybridized carbons (Fsp3) is 0.391. The molecule has 0 aliphatic carbocycles. The lowest BCUT2D eigenvalue weighted by Gasteiger charge is -2.19. The van der Waals surface area contributed by atoms with Gasteiger partial charge in [0.15, 0.2) is 5.78 Å². The molecule has 0 amide bonds. The van der Waals surface area contributed by atoms with Crippen molar-refractivity contribution in [2.24, 2.45) is 0 Å². The molecular weight excluding hydrogens is 368 g/mol. The summed E-state index contributed by atoms with van der Waals surface area (Å²) in [5, 5.41) is 0. The smallest absolute Gasteiger partial charge is 0.171 e. The normalized spacial score (nSPS) is 14.8. The molecule has 0 bridgehead atoms. The van der Waals surface area contributed by atoms with E-state index in [0.29, 0.717) is 29.6 Å². The fourth-order valence-corrected chi connectivity index (χ4v) is 3.84. The number of methoxy groups -OCH3 is 1. The highest BCUT2D eigenvalue weighted by atomic mass is 16.5. The number of hydrogen-bond donors (Lipinski definition) is 0. The molecule has 1 aliphatic rings. The zero-order chi connectivity index (χ0) is 20.2. The lowest BCUT2D eigenvalue weighted by atomic mass is 9.97. The number of aromatic nitrogens is 2. The number of pyridine rings is 1. The van der Waals surface area contributed by atoms with Gasteiger partial charge in [0.2, 0.25) is 0 Å². The minimum Gasteiger partial charge on any atom is -0.496 e. The highest BCUT2D eigenvalue weighted by Gasteiger charge is 2.21. The second-order valence-electron chi connectivity index (χ2n) is 7.21. The molecule has 0 unspecified atom stereocenters. The minimum atomic E-state index is -0.00692. The summed E-state index contributed by atoms with van der Waals surface area (Å²) in [5.74, 6) is 1.69. The van der Waals surface area contributed by atoms with Crippen molar-refractivity contribution in [2.45, 2.75) is 32.1 Å². The number of Topliss-reactive ketones (excluding diaryl/α,β-unsaturated/α-hetero) is 1. The third-order valence-electron chi connectivity index (χ3n) is 5.35. The Morgan fingerprint density at radius 3 is 2.76 bits per heavy atom. The summed E-state index contributed by atoms with van der Waals surface area (Å²) in [6.07, 6.45) is 6.24. The molecule has 1 fully saturated rings. The minimum absolute atomic E-state index is 0.00692. The Kier molecular flexibility index (Phi) is 5.81. The van der Waals surface area contributed by atoms with Gasteiger partial charge in [-0.15, -0.1) is 0 Å². The highest BCUT2D eigenvalue weighted by Crippen LogP contribution is 2.29. The third-order valence-corrected chi connectivity index (χ3v) is 5.35. The Balaban J connectivity index is 1.66. The molecule has 0 spiro atoms. The van der Waals surface area contributed by atoms with Crippen LogP contribution in [-0.4, -0.2) is 42.1 Å². The van der Waals surface area contributed by atoms with Gasteiger partial charge in [0, 0.05) is 49.6 Å². The first-order chi connectivity index (χ1) is 14.2. The van der Waals surface area contributed by atoms with E-state index >= 15 is 0 Å².